The second-order valence-corrected chi connectivity index (χ2v) is 9.20. The van der Waals surface area contributed by atoms with Gasteiger partial charge in [-0.25, -0.2) is 0 Å². The molecule has 1 saturated heterocycles. The number of rotatable bonds is 5. The van der Waals surface area contributed by atoms with Gasteiger partial charge in [0.2, 0.25) is 0 Å². The number of aliphatic hydroxyl groups is 1. The van der Waals surface area contributed by atoms with Gasteiger partial charge in [0.25, 0.3) is 0 Å². The maximum absolute atomic E-state index is 10.3. The second kappa shape index (κ2) is 8.06. The Morgan fingerprint density at radius 3 is 2.83 bits per heavy atom. The molecule has 2 heterocycles. The maximum Gasteiger partial charge on any atom is 0.120 e. The summed E-state index contributed by atoms with van der Waals surface area (Å²) in [6.45, 7) is 4.06. The zero-order valence-corrected chi connectivity index (χ0v) is 16.3. The van der Waals surface area contributed by atoms with E-state index in [1.165, 1.54) is 17.7 Å². The largest absolute Gasteiger partial charge is 0.508 e. The van der Waals surface area contributed by atoms with Crippen LogP contribution in [0.1, 0.15) is 36.8 Å². The molecule has 1 fully saturated rings. The molecule has 0 saturated carbocycles. The average Bonchev–Trinajstić information content (AvgIpc) is 2.91. The van der Waals surface area contributed by atoms with E-state index in [0.717, 1.165) is 46.4 Å². The van der Waals surface area contributed by atoms with Gasteiger partial charge in [-0.05, 0) is 62.1 Å². The molecule has 1 aliphatic rings. The fraction of sp³-hybridized carbons (Fsp3) is 0.500. The van der Waals surface area contributed by atoms with Crippen molar-refractivity contribution in [1.82, 2.24) is 4.90 Å². The Balaban J connectivity index is 1.86. The third-order valence-corrected chi connectivity index (χ3v) is 8.15. The first-order chi connectivity index (χ1) is 11.6. The minimum absolute atomic E-state index is 0.227. The predicted octanol–water partition coefficient (Wildman–Crippen LogP) is 4.96. The standard InChI is InChI=1S/C18H23NO2S3/c1-12-17(23-24-18(12)22)13-5-6-16(21)14(10-13)11-19-8-3-2-4-15(19)7-9-20/h5-6,10,15,20-21H,2-4,7-9,11H2,1H3. The summed E-state index contributed by atoms with van der Waals surface area (Å²) in [5.74, 6) is 0.351. The number of phenolic OH excluding ortho intramolecular Hbond substituents is 1. The van der Waals surface area contributed by atoms with Crippen molar-refractivity contribution < 1.29 is 10.2 Å². The van der Waals surface area contributed by atoms with Crippen molar-refractivity contribution in [3.63, 3.8) is 0 Å². The Morgan fingerprint density at radius 2 is 2.12 bits per heavy atom. The van der Waals surface area contributed by atoms with Crippen LogP contribution in [0.5, 0.6) is 5.75 Å². The lowest BCUT2D eigenvalue weighted by molar-refractivity contribution is 0.111. The number of benzene rings is 1. The van der Waals surface area contributed by atoms with Gasteiger partial charge in [0, 0.05) is 24.8 Å². The summed E-state index contributed by atoms with van der Waals surface area (Å²) in [7, 11) is 3.34. The number of hydrogen-bond acceptors (Lipinski definition) is 6. The first-order valence-electron chi connectivity index (χ1n) is 8.37. The minimum Gasteiger partial charge on any atom is -0.508 e. The van der Waals surface area contributed by atoms with Gasteiger partial charge in [-0.15, -0.1) is 0 Å². The molecule has 2 N–H and O–H groups in total. The molecule has 24 heavy (non-hydrogen) atoms. The highest BCUT2D eigenvalue weighted by Crippen LogP contribution is 2.36. The van der Waals surface area contributed by atoms with Gasteiger partial charge >= 0.3 is 0 Å². The zero-order valence-electron chi connectivity index (χ0n) is 13.8. The summed E-state index contributed by atoms with van der Waals surface area (Å²) in [4.78, 5) is 3.61. The third kappa shape index (κ3) is 3.89. The quantitative estimate of drug-likeness (QED) is 0.568. The third-order valence-electron chi connectivity index (χ3n) is 4.77. The summed E-state index contributed by atoms with van der Waals surface area (Å²) in [5, 5.41) is 19.6. The number of phenols is 1. The van der Waals surface area contributed by atoms with E-state index < -0.39 is 0 Å². The number of likely N-dealkylation sites (tertiary alicyclic amines) is 1. The number of hydrogen-bond donors (Lipinski definition) is 2. The van der Waals surface area contributed by atoms with Gasteiger partial charge in [0.05, 0.1) is 4.88 Å². The summed E-state index contributed by atoms with van der Waals surface area (Å²) in [6.07, 6.45) is 4.36. The number of piperidine rings is 1. The van der Waals surface area contributed by atoms with E-state index in [1.54, 1.807) is 26.7 Å². The molecule has 0 spiro atoms. The SMILES string of the molecule is Cc1c(-c2ccc(O)c(CN3CCCCC3CCO)c2)ssc1=S. The smallest absolute Gasteiger partial charge is 0.120 e. The molecule has 130 valence electrons. The lowest BCUT2D eigenvalue weighted by Crippen LogP contribution is -2.39. The van der Waals surface area contributed by atoms with Gasteiger partial charge in [-0.1, -0.05) is 39.3 Å². The van der Waals surface area contributed by atoms with E-state index in [4.69, 9.17) is 12.2 Å². The monoisotopic (exact) mass is 381 g/mol. The van der Waals surface area contributed by atoms with E-state index in [0.29, 0.717) is 11.8 Å². The molecule has 3 nitrogen and oxygen atoms in total. The van der Waals surface area contributed by atoms with Crippen LogP contribution in [0.4, 0.5) is 0 Å². The zero-order chi connectivity index (χ0) is 17.1. The van der Waals surface area contributed by atoms with Crippen molar-refractivity contribution in [3.8, 4) is 16.2 Å². The fourth-order valence-electron chi connectivity index (χ4n) is 3.38. The fourth-order valence-corrected chi connectivity index (χ4v) is 6.27. The second-order valence-electron chi connectivity index (χ2n) is 6.38. The number of aliphatic hydroxyl groups excluding tert-OH is 1. The predicted molar refractivity (Wildman–Crippen MR) is 105 cm³/mol. The van der Waals surface area contributed by atoms with E-state index >= 15 is 0 Å². The molecule has 1 atom stereocenters. The van der Waals surface area contributed by atoms with Crippen LogP contribution in [-0.4, -0.2) is 34.3 Å². The molecule has 6 heteroatoms. The average molecular weight is 382 g/mol. The van der Waals surface area contributed by atoms with Crippen LogP contribution in [0.3, 0.4) is 0 Å². The molecule has 0 radical (unpaired) electrons. The molecule has 2 aromatic rings. The van der Waals surface area contributed by atoms with Gasteiger partial charge in [-0.2, -0.15) is 0 Å². The van der Waals surface area contributed by atoms with Crippen molar-refractivity contribution in [3.05, 3.63) is 33.1 Å². The summed E-state index contributed by atoms with van der Waals surface area (Å²) < 4.78 is 0.948. The van der Waals surface area contributed by atoms with Crippen molar-refractivity contribution in [1.29, 1.82) is 0 Å². The van der Waals surface area contributed by atoms with E-state index in [1.807, 2.05) is 6.07 Å². The molecule has 0 aliphatic carbocycles. The lowest BCUT2D eigenvalue weighted by atomic mass is 9.98. The Bertz CT molecular complexity index is 751. The molecular formula is C18H23NO2S3. The van der Waals surface area contributed by atoms with Gasteiger partial charge in [-0.3, -0.25) is 4.90 Å². The Morgan fingerprint density at radius 1 is 1.29 bits per heavy atom. The molecular weight excluding hydrogens is 358 g/mol. The van der Waals surface area contributed by atoms with E-state index in [-0.39, 0.29) is 6.61 Å². The number of aromatic hydroxyl groups is 1. The van der Waals surface area contributed by atoms with Crippen LogP contribution in [0.25, 0.3) is 10.4 Å². The van der Waals surface area contributed by atoms with Crippen LogP contribution >= 0.6 is 32.9 Å². The highest BCUT2D eigenvalue weighted by atomic mass is 32.9. The van der Waals surface area contributed by atoms with Crippen LogP contribution in [0.2, 0.25) is 0 Å². The Kier molecular flexibility index (Phi) is 6.05. The molecule has 1 aliphatic heterocycles. The highest BCUT2D eigenvalue weighted by molar-refractivity contribution is 7.80. The van der Waals surface area contributed by atoms with E-state index in [2.05, 4.69) is 17.9 Å². The van der Waals surface area contributed by atoms with Crippen LogP contribution in [0.15, 0.2) is 18.2 Å². The topological polar surface area (TPSA) is 43.7 Å². The van der Waals surface area contributed by atoms with Gasteiger partial charge in [0.15, 0.2) is 0 Å². The summed E-state index contributed by atoms with van der Waals surface area (Å²) in [5.41, 5.74) is 3.25. The van der Waals surface area contributed by atoms with Crippen molar-refractivity contribution in [2.45, 2.75) is 45.2 Å². The van der Waals surface area contributed by atoms with Crippen molar-refractivity contribution >= 4 is 32.9 Å². The normalized spacial score (nSPS) is 18.8. The molecule has 0 amide bonds. The number of nitrogens with zero attached hydrogens (tertiary/aromatic N) is 1. The first-order valence-corrected chi connectivity index (χ1v) is 10.9. The Hall–Kier alpha value is -0.790. The van der Waals surface area contributed by atoms with Crippen LogP contribution in [-0.2, 0) is 6.54 Å². The van der Waals surface area contributed by atoms with Crippen molar-refractivity contribution in [2.75, 3.05) is 13.2 Å². The van der Waals surface area contributed by atoms with Crippen LogP contribution < -0.4 is 0 Å². The highest BCUT2D eigenvalue weighted by Gasteiger charge is 2.23. The molecule has 1 aromatic heterocycles. The Labute approximate surface area is 155 Å². The van der Waals surface area contributed by atoms with Gasteiger partial charge < -0.3 is 10.2 Å². The lowest BCUT2D eigenvalue weighted by Gasteiger charge is -2.35. The first kappa shape index (κ1) is 18.0. The molecule has 0 bridgehead atoms. The van der Waals surface area contributed by atoms with Gasteiger partial charge in [0.1, 0.15) is 9.57 Å². The molecule has 1 aromatic carbocycles. The van der Waals surface area contributed by atoms with E-state index in [9.17, 15) is 10.2 Å². The maximum atomic E-state index is 10.3. The van der Waals surface area contributed by atoms with Crippen LogP contribution in [0, 0.1) is 10.7 Å². The van der Waals surface area contributed by atoms with Crippen molar-refractivity contribution in [2.24, 2.45) is 0 Å². The minimum atomic E-state index is 0.227. The molecule has 3 rings (SSSR count). The molecule has 1 unspecified atom stereocenters. The summed E-state index contributed by atoms with van der Waals surface area (Å²) >= 11 is 5.36. The summed E-state index contributed by atoms with van der Waals surface area (Å²) in [6, 6.07) is 6.28.